The molecule has 9 nitrogen and oxygen atoms in total. The summed E-state index contributed by atoms with van der Waals surface area (Å²) in [5.74, 6) is 0.809. The van der Waals surface area contributed by atoms with Crippen LogP contribution in [-0.4, -0.2) is 96.2 Å². The molecule has 0 aliphatic carbocycles. The van der Waals surface area contributed by atoms with E-state index in [1.54, 1.807) is 12.0 Å². The second-order valence-electron chi connectivity index (χ2n) is 10.5. The zero-order valence-corrected chi connectivity index (χ0v) is 25.1. The lowest BCUT2D eigenvalue weighted by atomic mass is 10.0. The molecule has 0 aromatic heterocycles. The summed E-state index contributed by atoms with van der Waals surface area (Å²) >= 11 is 12.6. The minimum atomic E-state index is -0.354. The number of fused-ring (bicyclic) bond motifs is 1. The minimum absolute atomic E-state index is 0.0425. The van der Waals surface area contributed by atoms with Gasteiger partial charge in [0, 0.05) is 45.8 Å². The smallest absolute Gasteiger partial charge is 0.229 e. The van der Waals surface area contributed by atoms with Crippen molar-refractivity contribution in [2.75, 3.05) is 82.8 Å². The van der Waals surface area contributed by atoms with Crippen LogP contribution in [0, 0.1) is 0 Å². The van der Waals surface area contributed by atoms with Gasteiger partial charge in [0.05, 0.1) is 47.8 Å². The molecule has 224 valence electrons. The van der Waals surface area contributed by atoms with Crippen molar-refractivity contribution in [2.24, 2.45) is 0 Å². The summed E-state index contributed by atoms with van der Waals surface area (Å²) in [4.78, 5) is 19.2. The molecule has 0 saturated carbocycles. The highest BCUT2D eigenvalue weighted by atomic mass is 35.5. The van der Waals surface area contributed by atoms with Crippen LogP contribution in [0.3, 0.4) is 0 Å². The van der Waals surface area contributed by atoms with Gasteiger partial charge in [-0.05, 0) is 49.6 Å². The Morgan fingerprint density at radius 3 is 2.66 bits per heavy atom. The summed E-state index contributed by atoms with van der Waals surface area (Å²) in [6, 6.07) is 11.8. The van der Waals surface area contributed by atoms with Crippen LogP contribution in [0.5, 0.6) is 5.75 Å². The largest absolute Gasteiger partial charge is 0.494 e. The molecule has 2 aromatic carbocycles. The standard InChI is InChI=1S/C30H39Cl2N3O6/c1-37-17-18-38-20-27-30(41-27)40-21-35-26-19-23(9-7-22(26)8-10-28(35)36)39-16-3-2-11-33-12-14-34(15-13-33)25-6-4-5-24(31)29(25)32/h4-7,9,19,27,30H,2-3,8,10-18,20-21H2,1H3. The van der Waals surface area contributed by atoms with E-state index >= 15 is 0 Å². The van der Waals surface area contributed by atoms with Crippen molar-refractivity contribution in [1.29, 1.82) is 0 Å². The number of rotatable bonds is 15. The van der Waals surface area contributed by atoms with Gasteiger partial charge in [0.2, 0.25) is 5.91 Å². The third kappa shape index (κ3) is 8.26. The SMILES string of the molecule is COCCOCC1OC1OCN1C(=O)CCc2ccc(OCCCCN3CCN(c4cccc(Cl)c4Cl)CC3)cc21. The van der Waals surface area contributed by atoms with Gasteiger partial charge < -0.3 is 28.6 Å². The Bertz CT molecular complexity index is 1160. The van der Waals surface area contributed by atoms with Gasteiger partial charge in [-0.1, -0.05) is 35.3 Å². The Kier molecular flexibility index (Phi) is 11.0. The van der Waals surface area contributed by atoms with Crippen molar-refractivity contribution in [3.8, 4) is 5.75 Å². The fourth-order valence-corrected chi connectivity index (χ4v) is 5.62. The first-order chi connectivity index (χ1) is 20.0. The van der Waals surface area contributed by atoms with Crippen LogP contribution < -0.4 is 14.5 Å². The molecule has 2 atom stereocenters. The monoisotopic (exact) mass is 607 g/mol. The van der Waals surface area contributed by atoms with Crippen LogP contribution in [0.1, 0.15) is 24.8 Å². The van der Waals surface area contributed by atoms with Crippen LogP contribution in [0.25, 0.3) is 0 Å². The molecular weight excluding hydrogens is 569 g/mol. The number of nitrogens with zero attached hydrogens (tertiary/aromatic N) is 3. The predicted molar refractivity (Wildman–Crippen MR) is 159 cm³/mol. The Balaban J connectivity index is 1.02. The molecule has 3 aliphatic heterocycles. The summed E-state index contributed by atoms with van der Waals surface area (Å²) in [7, 11) is 1.64. The summed E-state index contributed by atoms with van der Waals surface area (Å²) in [6.07, 6.45) is 2.73. The molecular formula is C30H39Cl2N3O6. The first kappa shape index (κ1) is 30.4. The lowest BCUT2D eigenvalue weighted by Gasteiger charge is -2.36. The van der Waals surface area contributed by atoms with E-state index < -0.39 is 0 Å². The normalized spacial score (nSPS) is 20.8. The maximum Gasteiger partial charge on any atom is 0.229 e. The summed E-state index contributed by atoms with van der Waals surface area (Å²) < 4.78 is 27.9. The van der Waals surface area contributed by atoms with E-state index in [9.17, 15) is 4.79 Å². The highest BCUT2D eigenvalue weighted by Gasteiger charge is 2.41. The van der Waals surface area contributed by atoms with E-state index in [0.29, 0.717) is 42.9 Å². The van der Waals surface area contributed by atoms with Crippen LogP contribution in [0.2, 0.25) is 10.0 Å². The molecule has 1 amide bonds. The van der Waals surface area contributed by atoms with Crippen LogP contribution in [-0.2, 0) is 30.2 Å². The molecule has 2 aromatic rings. The molecule has 41 heavy (non-hydrogen) atoms. The number of methoxy groups -OCH3 is 1. The highest BCUT2D eigenvalue weighted by Crippen LogP contribution is 2.34. The van der Waals surface area contributed by atoms with Crippen molar-refractivity contribution in [3.63, 3.8) is 0 Å². The van der Waals surface area contributed by atoms with Gasteiger partial charge >= 0.3 is 0 Å². The van der Waals surface area contributed by atoms with Gasteiger partial charge in [-0.25, -0.2) is 0 Å². The molecule has 11 heteroatoms. The minimum Gasteiger partial charge on any atom is -0.494 e. The van der Waals surface area contributed by atoms with Gasteiger partial charge in [-0.3, -0.25) is 14.6 Å². The number of halogens is 2. The van der Waals surface area contributed by atoms with Crippen LogP contribution in [0.4, 0.5) is 11.4 Å². The highest BCUT2D eigenvalue weighted by molar-refractivity contribution is 6.43. The number of unbranched alkanes of at least 4 members (excludes halogenated alkanes) is 1. The van der Waals surface area contributed by atoms with Crippen molar-refractivity contribution in [2.45, 2.75) is 38.1 Å². The first-order valence-electron chi connectivity index (χ1n) is 14.3. The van der Waals surface area contributed by atoms with E-state index in [1.165, 1.54) is 0 Å². The number of hydrogen-bond donors (Lipinski definition) is 0. The number of anilines is 2. The lowest BCUT2D eigenvalue weighted by molar-refractivity contribution is -0.120. The van der Waals surface area contributed by atoms with Crippen molar-refractivity contribution >= 4 is 40.5 Å². The number of carbonyl (C=O) groups is 1. The second kappa shape index (κ2) is 14.9. The van der Waals surface area contributed by atoms with Crippen molar-refractivity contribution < 1.29 is 28.5 Å². The number of hydrogen-bond acceptors (Lipinski definition) is 8. The first-order valence-corrected chi connectivity index (χ1v) is 15.1. The van der Waals surface area contributed by atoms with Crippen molar-refractivity contribution in [1.82, 2.24) is 4.90 Å². The van der Waals surface area contributed by atoms with Gasteiger partial charge in [0.25, 0.3) is 0 Å². The van der Waals surface area contributed by atoms with Crippen LogP contribution in [0.15, 0.2) is 36.4 Å². The number of aryl methyl sites for hydroxylation is 1. The maximum absolute atomic E-state index is 12.7. The van der Waals surface area contributed by atoms with E-state index in [0.717, 1.165) is 74.7 Å². The molecule has 0 bridgehead atoms. The van der Waals surface area contributed by atoms with Gasteiger partial charge in [0.15, 0.2) is 6.29 Å². The molecule has 2 unspecified atom stereocenters. The quantitative estimate of drug-likeness (QED) is 0.214. The average molecular weight is 609 g/mol. The van der Waals surface area contributed by atoms with Crippen LogP contribution >= 0.6 is 23.2 Å². The Hall–Kier alpha value is -2.11. The molecule has 0 spiro atoms. The lowest BCUT2D eigenvalue weighted by Crippen LogP contribution is -2.46. The molecule has 0 N–H and O–H groups in total. The molecule has 2 saturated heterocycles. The number of epoxide rings is 1. The third-order valence-electron chi connectivity index (χ3n) is 7.66. The number of ether oxygens (including phenoxy) is 5. The number of piperazine rings is 1. The third-order valence-corrected chi connectivity index (χ3v) is 8.47. The average Bonchev–Trinajstić information content (AvgIpc) is 3.74. The number of amides is 1. The summed E-state index contributed by atoms with van der Waals surface area (Å²) in [5.41, 5.74) is 2.98. The molecule has 3 aliphatic rings. The van der Waals surface area contributed by atoms with E-state index in [2.05, 4.69) is 15.9 Å². The molecule has 5 rings (SSSR count). The molecule has 2 fully saturated rings. The zero-order chi connectivity index (χ0) is 28.6. The van der Waals surface area contributed by atoms with E-state index in [1.807, 2.05) is 30.3 Å². The Morgan fingerprint density at radius 2 is 1.83 bits per heavy atom. The molecule has 0 radical (unpaired) electrons. The number of benzene rings is 2. The number of carbonyl (C=O) groups excluding carboxylic acids is 1. The zero-order valence-electron chi connectivity index (χ0n) is 23.6. The van der Waals surface area contributed by atoms with Gasteiger partial charge in [-0.15, -0.1) is 0 Å². The Labute approximate surface area is 252 Å². The fourth-order valence-electron chi connectivity index (χ4n) is 5.21. The van der Waals surface area contributed by atoms with Gasteiger partial charge in [0.1, 0.15) is 18.6 Å². The maximum atomic E-state index is 12.7. The van der Waals surface area contributed by atoms with E-state index in [-0.39, 0.29) is 25.0 Å². The predicted octanol–water partition coefficient (Wildman–Crippen LogP) is 4.62. The van der Waals surface area contributed by atoms with Gasteiger partial charge in [-0.2, -0.15) is 0 Å². The second-order valence-corrected chi connectivity index (χ2v) is 11.3. The Morgan fingerprint density at radius 1 is 0.976 bits per heavy atom. The van der Waals surface area contributed by atoms with E-state index in [4.69, 9.17) is 46.9 Å². The molecule has 3 heterocycles. The summed E-state index contributed by atoms with van der Waals surface area (Å²) in [5, 5.41) is 1.23. The summed E-state index contributed by atoms with van der Waals surface area (Å²) in [6.45, 7) is 7.16. The fraction of sp³-hybridized carbons (Fsp3) is 0.567. The van der Waals surface area contributed by atoms with Crippen molar-refractivity contribution in [3.05, 3.63) is 52.0 Å². The topological polar surface area (TPSA) is 76.2 Å².